The van der Waals surface area contributed by atoms with Gasteiger partial charge >= 0.3 is 0 Å². The van der Waals surface area contributed by atoms with Crippen molar-refractivity contribution in [2.75, 3.05) is 0 Å². The van der Waals surface area contributed by atoms with Crippen LogP contribution in [0.4, 0.5) is 17.6 Å². The van der Waals surface area contributed by atoms with Crippen molar-refractivity contribution in [2.24, 2.45) is 17.6 Å². The van der Waals surface area contributed by atoms with E-state index in [9.17, 15) is 27.2 Å². The Morgan fingerprint density at radius 1 is 1.21 bits per heavy atom. The van der Waals surface area contributed by atoms with Crippen LogP contribution in [-0.2, 0) is 0 Å². The lowest BCUT2D eigenvalue weighted by Crippen LogP contribution is -2.22. The third-order valence-corrected chi connectivity index (χ3v) is 6.45. The minimum Gasteiger partial charge on any atom is -0.505 e. The molecule has 1 aromatic carbocycles. The van der Waals surface area contributed by atoms with Crippen molar-refractivity contribution in [1.29, 1.82) is 0 Å². The van der Waals surface area contributed by atoms with E-state index in [4.69, 9.17) is 10.8 Å². The van der Waals surface area contributed by atoms with Gasteiger partial charge in [0.05, 0.1) is 10.9 Å². The molecular weight excluding hydrogens is 442 g/mol. The number of benzene rings is 1. The molecule has 1 amide bonds. The molecule has 3 unspecified atom stereocenters. The molecule has 0 bridgehead atoms. The molecule has 3 aromatic rings. The number of nitrogens with two attached hydrogens (primary N) is 1. The largest absolute Gasteiger partial charge is 0.505 e. The number of H-pyrrole nitrogens is 1. The van der Waals surface area contributed by atoms with E-state index >= 15 is 0 Å². The van der Waals surface area contributed by atoms with Gasteiger partial charge in [-0.1, -0.05) is 6.07 Å². The maximum absolute atomic E-state index is 13.9. The van der Waals surface area contributed by atoms with Crippen molar-refractivity contribution in [3.63, 3.8) is 0 Å². The number of phenols is 1. The number of halogens is 4. The van der Waals surface area contributed by atoms with Gasteiger partial charge in [0.2, 0.25) is 0 Å². The van der Waals surface area contributed by atoms with Crippen LogP contribution < -0.4 is 11.2 Å². The van der Waals surface area contributed by atoms with Crippen LogP contribution in [0.15, 0.2) is 41.3 Å². The van der Waals surface area contributed by atoms with Gasteiger partial charge in [-0.25, -0.2) is 13.2 Å². The number of aromatic nitrogens is 2. The summed E-state index contributed by atoms with van der Waals surface area (Å²) >= 11 is 0. The highest BCUT2D eigenvalue weighted by molar-refractivity contribution is 6.03. The number of rotatable bonds is 2. The fourth-order valence-corrected chi connectivity index (χ4v) is 4.90. The fraction of sp³-hybridized carbons (Fsp3) is 0.348. The molecule has 2 aliphatic carbocycles. The summed E-state index contributed by atoms with van der Waals surface area (Å²) in [7, 11) is 0. The van der Waals surface area contributed by atoms with Crippen molar-refractivity contribution in [2.45, 2.75) is 37.5 Å². The van der Waals surface area contributed by atoms with Crippen molar-refractivity contribution in [3.8, 4) is 5.75 Å². The second-order valence-electron chi connectivity index (χ2n) is 8.44. The minimum atomic E-state index is -2.60. The predicted molar refractivity (Wildman–Crippen MR) is 112 cm³/mol. The van der Waals surface area contributed by atoms with E-state index in [2.05, 4.69) is 9.97 Å². The molecule has 6 nitrogen and oxygen atoms in total. The number of nitrogens with one attached hydrogen (secondary N) is 1. The number of phenolic OH excluding ortho intramolecular Hbond substituents is 1. The van der Waals surface area contributed by atoms with Crippen molar-refractivity contribution >= 4 is 16.8 Å². The monoisotopic (exact) mass is 463 g/mol. The Morgan fingerprint density at radius 2 is 1.97 bits per heavy atom. The van der Waals surface area contributed by atoms with E-state index in [1.54, 1.807) is 6.07 Å². The van der Waals surface area contributed by atoms with Crippen LogP contribution in [0, 0.1) is 23.5 Å². The van der Waals surface area contributed by atoms with E-state index < -0.39 is 35.1 Å². The minimum absolute atomic E-state index is 0.0165. The van der Waals surface area contributed by atoms with Gasteiger partial charge in [-0.15, -0.1) is 0 Å². The van der Waals surface area contributed by atoms with Crippen LogP contribution in [0.1, 0.15) is 47.8 Å². The van der Waals surface area contributed by atoms with Crippen molar-refractivity contribution in [3.05, 3.63) is 69.8 Å². The maximum Gasteiger partial charge on any atom is 0.268 e. The number of aromatic amines is 1. The van der Waals surface area contributed by atoms with Crippen LogP contribution in [0.2, 0.25) is 0 Å². The molecular formula is C23H21F4N3O3. The maximum atomic E-state index is 13.9. The summed E-state index contributed by atoms with van der Waals surface area (Å²) < 4.78 is 52.0. The summed E-state index contributed by atoms with van der Waals surface area (Å²) in [6.07, 6.45) is 2.96. The number of primary amides is 1. The third-order valence-electron chi connectivity index (χ3n) is 6.45. The first-order valence-electron chi connectivity index (χ1n) is 10.4. The van der Waals surface area contributed by atoms with Gasteiger partial charge in [0.1, 0.15) is 5.69 Å². The summed E-state index contributed by atoms with van der Waals surface area (Å²) in [5.74, 6) is -6.92. The molecule has 3 atom stereocenters. The molecule has 2 heterocycles. The number of carbonyl (C=O) groups is 1. The number of hydrogen-bond donors (Lipinski definition) is 3. The van der Waals surface area contributed by atoms with Crippen LogP contribution in [-0.4, -0.2) is 26.9 Å². The number of amides is 1. The van der Waals surface area contributed by atoms with Crippen molar-refractivity contribution < 1.29 is 27.5 Å². The standard InChI is InChI=1S/C17H17F2N3O2.C6H4F2O/c18-17(19)3-1-8-5-9(6-10(8)17)12-7-13(23)14-11(22-12)2-4-21-15(14)16(20)24;7-4-2-1-3-5(9)6(4)8/h2,4,7-10H,1,3,5-6H2,(H2,20,24)(H,22,23);1-3,9H. The summed E-state index contributed by atoms with van der Waals surface area (Å²) in [6.45, 7) is 0. The molecule has 33 heavy (non-hydrogen) atoms. The quantitative estimate of drug-likeness (QED) is 0.494. The lowest BCUT2D eigenvalue weighted by molar-refractivity contribution is -0.0412. The smallest absolute Gasteiger partial charge is 0.268 e. The fourth-order valence-electron chi connectivity index (χ4n) is 4.90. The number of hydrogen-bond acceptors (Lipinski definition) is 4. The first kappa shape index (κ1) is 22.8. The average Bonchev–Trinajstić information content (AvgIpc) is 3.32. The summed E-state index contributed by atoms with van der Waals surface area (Å²) in [5.41, 5.74) is 5.95. The van der Waals surface area contributed by atoms with Crippen molar-refractivity contribution in [1.82, 2.24) is 9.97 Å². The summed E-state index contributed by atoms with van der Waals surface area (Å²) in [5, 5.41) is 8.64. The summed E-state index contributed by atoms with van der Waals surface area (Å²) in [4.78, 5) is 30.9. The van der Waals surface area contributed by atoms with Gasteiger partial charge in [0.15, 0.2) is 22.8 Å². The highest BCUT2D eigenvalue weighted by Crippen LogP contribution is 2.56. The Hall–Kier alpha value is -3.43. The Labute approximate surface area is 185 Å². The number of pyridine rings is 2. The molecule has 4 N–H and O–H groups in total. The van der Waals surface area contributed by atoms with Crippen LogP contribution in [0.25, 0.3) is 10.9 Å². The molecule has 2 aromatic heterocycles. The molecule has 2 fully saturated rings. The zero-order valence-corrected chi connectivity index (χ0v) is 17.3. The SMILES string of the molecule is NC(=O)c1nccc2[nH]c(C3CC4CCC(F)(F)C4C3)cc(=O)c12.Oc1cccc(F)c1F. The van der Waals surface area contributed by atoms with Gasteiger partial charge in [0, 0.05) is 30.3 Å². The van der Waals surface area contributed by atoms with Crippen LogP contribution >= 0.6 is 0 Å². The highest BCUT2D eigenvalue weighted by Gasteiger charge is 2.54. The van der Waals surface area contributed by atoms with Gasteiger partial charge in [-0.2, -0.15) is 4.39 Å². The summed E-state index contributed by atoms with van der Waals surface area (Å²) in [6, 6.07) is 6.25. The second kappa shape index (κ2) is 8.49. The van der Waals surface area contributed by atoms with E-state index in [1.165, 1.54) is 18.3 Å². The number of fused-ring (bicyclic) bond motifs is 2. The Balaban J connectivity index is 0.000000243. The normalized spacial score (nSPS) is 23.1. The molecule has 0 spiro atoms. The Bertz CT molecular complexity index is 1260. The van der Waals surface area contributed by atoms with E-state index in [1.807, 2.05) is 0 Å². The number of nitrogens with zero attached hydrogens (tertiary/aromatic N) is 1. The van der Waals surface area contributed by atoms with Gasteiger partial charge < -0.3 is 15.8 Å². The van der Waals surface area contributed by atoms with Crippen LogP contribution in [0.3, 0.4) is 0 Å². The number of alkyl halides is 2. The molecule has 5 rings (SSSR count). The topological polar surface area (TPSA) is 109 Å². The number of carbonyl (C=O) groups excluding carboxylic acids is 1. The average molecular weight is 463 g/mol. The first-order chi connectivity index (χ1) is 15.6. The zero-order valence-electron chi connectivity index (χ0n) is 17.3. The molecule has 0 aliphatic heterocycles. The molecule has 2 aliphatic rings. The Morgan fingerprint density at radius 3 is 2.61 bits per heavy atom. The molecule has 0 saturated heterocycles. The van der Waals surface area contributed by atoms with Gasteiger partial charge in [-0.3, -0.25) is 14.6 Å². The van der Waals surface area contributed by atoms with Crippen LogP contribution in [0.5, 0.6) is 5.75 Å². The zero-order chi connectivity index (χ0) is 23.9. The molecule has 0 radical (unpaired) electrons. The van der Waals surface area contributed by atoms with Gasteiger partial charge in [0.25, 0.3) is 11.8 Å². The highest BCUT2D eigenvalue weighted by atomic mass is 19.3. The number of aromatic hydroxyl groups is 1. The lowest BCUT2D eigenvalue weighted by Gasteiger charge is -2.18. The predicted octanol–water partition coefficient (Wildman–Crippen LogP) is 4.23. The third kappa shape index (κ3) is 4.29. The molecule has 2 saturated carbocycles. The second-order valence-corrected chi connectivity index (χ2v) is 8.44. The van der Waals surface area contributed by atoms with E-state index in [-0.39, 0.29) is 34.8 Å². The van der Waals surface area contributed by atoms with E-state index in [0.717, 1.165) is 12.1 Å². The first-order valence-corrected chi connectivity index (χ1v) is 10.4. The molecule has 174 valence electrons. The Kier molecular flexibility index (Phi) is 5.85. The van der Waals surface area contributed by atoms with Gasteiger partial charge in [-0.05, 0) is 49.3 Å². The lowest BCUT2D eigenvalue weighted by atomic mass is 9.97. The van der Waals surface area contributed by atoms with E-state index in [0.29, 0.717) is 30.5 Å². The molecule has 10 heteroatoms.